The fourth-order valence-electron chi connectivity index (χ4n) is 0.936. The molecule has 1 N–H and O–H groups in total. The average Bonchev–Trinajstić information content (AvgIpc) is 2.05. The molecule has 0 aliphatic heterocycles. The largest absolute Gasteiger partial charge is 0.292 e. The molecule has 0 unspecified atom stereocenters. The molecule has 1 aromatic rings. The first-order chi connectivity index (χ1) is 5.75. The minimum atomic E-state index is -0.157. The average molecular weight is 163 g/mol. The number of rotatable bonds is 3. The predicted molar refractivity (Wildman–Crippen MR) is 43.3 cm³/mol. The molecule has 0 saturated carbocycles. The number of carbonyl (C=O) groups excluding carboxylic acids is 1. The van der Waals surface area contributed by atoms with E-state index in [9.17, 15) is 4.79 Å². The summed E-state index contributed by atoms with van der Waals surface area (Å²) in [6, 6.07) is 3.39. The predicted octanol–water partition coefficient (Wildman–Crippen LogP) is 1.60. The zero-order chi connectivity index (χ0) is 8.97. The van der Waals surface area contributed by atoms with Crippen LogP contribution in [0.5, 0.6) is 0 Å². The highest BCUT2D eigenvalue weighted by Crippen LogP contribution is 2.04. The molecule has 4 nitrogen and oxygen atoms in total. The summed E-state index contributed by atoms with van der Waals surface area (Å²) in [5.74, 6) is -0.157. The van der Waals surface area contributed by atoms with Gasteiger partial charge in [-0.2, -0.15) is 5.11 Å². The molecule has 1 rings (SSSR count). The molecule has 0 radical (unpaired) electrons. The molecule has 0 saturated heterocycles. The van der Waals surface area contributed by atoms with Gasteiger partial charge in [0.25, 0.3) is 0 Å². The Morgan fingerprint density at radius 2 is 2.50 bits per heavy atom. The van der Waals surface area contributed by atoms with Crippen molar-refractivity contribution in [2.45, 2.75) is 6.92 Å². The van der Waals surface area contributed by atoms with Gasteiger partial charge in [-0.3, -0.25) is 9.78 Å². The van der Waals surface area contributed by atoms with Crippen molar-refractivity contribution in [2.75, 3.05) is 6.54 Å². The van der Waals surface area contributed by atoms with Crippen LogP contribution in [-0.2, 0) is 0 Å². The van der Waals surface area contributed by atoms with Crippen LogP contribution in [0.15, 0.2) is 23.4 Å². The van der Waals surface area contributed by atoms with Gasteiger partial charge < -0.3 is 0 Å². The van der Waals surface area contributed by atoms with Gasteiger partial charge in [0.05, 0.1) is 0 Å². The summed E-state index contributed by atoms with van der Waals surface area (Å²) >= 11 is 0. The van der Waals surface area contributed by atoms with Crippen LogP contribution in [0.3, 0.4) is 0 Å². The summed E-state index contributed by atoms with van der Waals surface area (Å²) in [6.07, 6.45) is 1.63. The zero-order valence-corrected chi connectivity index (χ0v) is 6.74. The van der Waals surface area contributed by atoms with Crippen molar-refractivity contribution in [2.24, 2.45) is 5.11 Å². The Morgan fingerprint density at radius 1 is 1.75 bits per heavy atom. The van der Waals surface area contributed by atoms with Crippen LogP contribution < -0.4 is 0 Å². The fraction of sp³-hybridized carbons (Fsp3) is 0.250. The molecule has 0 aliphatic rings. The number of carbonyl (C=O) groups is 1. The first-order valence-electron chi connectivity index (χ1n) is 3.53. The van der Waals surface area contributed by atoms with E-state index in [4.69, 9.17) is 5.53 Å². The minimum absolute atomic E-state index is 0.0907. The lowest BCUT2D eigenvalue weighted by Crippen LogP contribution is -2.05. The van der Waals surface area contributed by atoms with Crippen molar-refractivity contribution in [3.05, 3.63) is 29.6 Å². The SMILES string of the molecule is Cc1ncccc1C(=O)CN=N. The third-order valence-electron chi connectivity index (χ3n) is 1.53. The zero-order valence-electron chi connectivity index (χ0n) is 6.74. The molecule has 4 heteroatoms. The van der Waals surface area contributed by atoms with E-state index in [1.807, 2.05) is 0 Å². The maximum Gasteiger partial charge on any atom is 0.187 e. The number of Topliss-reactive ketones (excluding diaryl/α,β-unsaturated/α-hetero) is 1. The van der Waals surface area contributed by atoms with E-state index in [2.05, 4.69) is 10.1 Å². The van der Waals surface area contributed by atoms with Gasteiger partial charge in [0.2, 0.25) is 0 Å². The second-order valence-electron chi connectivity index (χ2n) is 2.38. The first kappa shape index (κ1) is 8.52. The first-order valence-corrected chi connectivity index (χ1v) is 3.53. The molecule has 0 fully saturated rings. The lowest BCUT2D eigenvalue weighted by molar-refractivity contribution is 0.0999. The van der Waals surface area contributed by atoms with Gasteiger partial charge in [0.1, 0.15) is 6.54 Å². The highest BCUT2D eigenvalue weighted by Gasteiger charge is 2.07. The highest BCUT2D eigenvalue weighted by atomic mass is 16.1. The maximum atomic E-state index is 11.2. The lowest BCUT2D eigenvalue weighted by atomic mass is 10.1. The van der Waals surface area contributed by atoms with E-state index in [0.717, 1.165) is 0 Å². The molecular weight excluding hydrogens is 154 g/mol. The van der Waals surface area contributed by atoms with E-state index in [-0.39, 0.29) is 12.3 Å². The number of nitrogens with zero attached hydrogens (tertiary/aromatic N) is 2. The molecule has 0 atom stereocenters. The molecule has 0 spiro atoms. The Balaban J connectivity index is 2.94. The number of nitrogens with one attached hydrogen (secondary N) is 1. The monoisotopic (exact) mass is 163 g/mol. The number of hydrogen-bond donors (Lipinski definition) is 1. The van der Waals surface area contributed by atoms with Crippen LogP contribution in [0.2, 0.25) is 0 Å². The van der Waals surface area contributed by atoms with Crippen molar-refractivity contribution in [3.63, 3.8) is 0 Å². The van der Waals surface area contributed by atoms with Crippen molar-refractivity contribution in [1.29, 1.82) is 5.53 Å². The Morgan fingerprint density at radius 3 is 3.08 bits per heavy atom. The van der Waals surface area contributed by atoms with Gasteiger partial charge in [-0.25, -0.2) is 5.53 Å². The summed E-state index contributed by atoms with van der Waals surface area (Å²) in [7, 11) is 0. The molecule has 62 valence electrons. The summed E-state index contributed by atoms with van der Waals surface area (Å²) in [5.41, 5.74) is 7.77. The number of ketones is 1. The standard InChI is InChI=1S/C8H9N3O/c1-6-7(3-2-4-10-6)8(12)5-11-9/h2-4,9H,5H2,1H3. The van der Waals surface area contributed by atoms with E-state index in [1.165, 1.54) is 0 Å². The van der Waals surface area contributed by atoms with Crippen LogP contribution in [-0.4, -0.2) is 17.3 Å². The summed E-state index contributed by atoms with van der Waals surface area (Å²) in [4.78, 5) is 15.2. The van der Waals surface area contributed by atoms with Crippen molar-refractivity contribution >= 4 is 5.78 Å². The van der Waals surface area contributed by atoms with Gasteiger partial charge in [-0.1, -0.05) is 0 Å². The number of hydrogen-bond acceptors (Lipinski definition) is 4. The Kier molecular flexibility index (Phi) is 2.63. The van der Waals surface area contributed by atoms with Crippen molar-refractivity contribution < 1.29 is 4.79 Å². The molecule has 0 aromatic carbocycles. The Labute approximate surface area is 70.1 Å². The number of aryl methyl sites for hydroxylation is 1. The van der Waals surface area contributed by atoms with Gasteiger partial charge in [-0.15, -0.1) is 0 Å². The number of aromatic nitrogens is 1. The Hall–Kier alpha value is -1.58. The van der Waals surface area contributed by atoms with Crippen LogP contribution >= 0.6 is 0 Å². The third kappa shape index (κ3) is 1.72. The fourth-order valence-corrected chi connectivity index (χ4v) is 0.936. The maximum absolute atomic E-state index is 11.2. The van der Waals surface area contributed by atoms with Crippen LogP contribution in [0.1, 0.15) is 16.1 Å². The lowest BCUT2D eigenvalue weighted by Gasteiger charge is -1.99. The second kappa shape index (κ2) is 3.71. The molecule has 0 bridgehead atoms. The van der Waals surface area contributed by atoms with Crippen LogP contribution in [0, 0.1) is 12.5 Å². The van der Waals surface area contributed by atoms with Gasteiger partial charge in [0, 0.05) is 17.5 Å². The van der Waals surface area contributed by atoms with Gasteiger partial charge >= 0.3 is 0 Å². The molecule has 0 aliphatic carbocycles. The van der Waals surface area contributed by atoms with E-state index in [1.54, 1.807) is 25.3 Å². The third-order valence-corrected chi connectivity index (χ3v) is 1.53. The molecule has 1 heterocycles. The molecule has 1 aromatic heterocycles. The Bertz CT molecular complexity index is 309. The van der Waals surface area contributed by atoms with Crippen LogP contribution in [0.4, 0.5) is 0 Å². The van der Waals surface area contributed by atoms with E-state index < -0.39 is 0 Å². The van der Waals surface area contributed by atoms with Gasteiger partial charge in [-0.05, 0) is 19.1 Å². The summed E-state index contributed by atoms with van der Waals surface area (Å²) in [5, 5.41) is 3.03. The van der Waals surface area contributed by atoms with Crippen molar-refractivity contribution in [3.8, 4) is 0 Å². The normalized spacial score (nSPS) is 9.42. The van der Waals surface area contributed by atoms with Crippen LogP contribution in [0.25, 0.3) is 0 Å². The van der Waals surface area contributed by atoms with E-state index >= 15 is 0 Å². The smallest absolute Gasteiger partial charge is 0.187 e. The topological polar surface area (TPSA) is 66.2 Å². The summed E-state index contributed by atoms with van der Waals surface area (Å²) < 4.78 is 0. The molecule has 12 heavy (non-hydrogen) atoms. The molecular formula is C8H9N3O. The minimum Gasteiger partial charge on any atom is -0.292 e. The second-order valence-corrected chi connectivity index (χ2v) is 2.38. The van der Waals surface area contributed by atoms with Crippen molar-refractivity contribution in [1.82, 2.24) is 4.98 Å². The highest BCUT2D eigenvalue weighted by molar-refractivity contribution is 5.98. The molecule has 0 amide bonds. The summed E-state index contributed by atoms with van der Waals surface area (Å²) in [6.45, 7) is 1.67. The van der Waals surface area contributed by atoms with Gasteiger partial charge in [0.15, 0.2) is 5.78 Å². The number of pyridine rings is 1. The quantitative estimate of drug-likeness (QED) is 0.543. The van der Waals surface area contributed by atoms with E-state index in [0.29, 0.717) is 11.3 Å².